The van der Waals surface area contributed by atoms with E-state index in [2.05, 4.69) is 10.2 Å². The normalized spacial score (nSPS) is 18.5. The highest BCUT2D eigenvalue weighted by Gasteiger charge is 2.33. The van der Waals surface area contributed by atoms with E-state index in [1.807, 2.05) is 35.2 Å². The van der Waals surface area contributed by atoms with E-state index in [0.29, 0.717) is 31.7 Å². The van der Waals surface area contributed by atoms with Crippen molar-refractivity contribution in [2.75, 3.05) is 19.6 Å². The average Bonchev–Trinajstić information content (AvgIpc) is 3.01. The minimum atomic E-state index is -0.491. The van der Waals surface area contributed by atoms with Crippen LogP contribution in [0.4, 0.5) is 0 Å². The first-order valence-electron chi connectivity index (χ1n) is 7.93. The molecule has 0 unspecified atom stereocenters. The zero-order valence-corrected chi connectivity index (χ0v) is 13.6. The Morgan fingerprint density at radius 3 is 2.67 bits per heavy atom. The number of carbonyl (C=O) groups is 2. The molecule has 3 N–H and O–H groups in total. The number of aryl methyl sites for hydroxylation is 1. The van der Waals surface area contributed by atoms with Gasteiger partial charge in [0.15, 0.2) is 0 Å². The van der Waals surface area contributed by atoms with Crippen LogP contribution in [0, 0.1) is 6.92 Å². The molecule has 1 saturated heterocycles. The van der Waals surface area contributed by atoms with Crippen LogP contribution in [0.5, 0.6) is 0 Å². The molecule has 2 heterocycles. The maximum Gasteiger partial charge on any atom is 0.257 e. The fourth-order valence-corrected chi connectivity index (χ4v) is 3.02. The maximum atomic E-state index is 12.6. The summed E-state index contributed by atoms with van der Waals surface area (Å²) in [6, 6.07) is 9.44. The predicted octanol–water partition coefficient (Wildman–Crippen LogP) is 0.530. The third-order valence-electron chi connectivity index (χ3n) is 4.40. The number of aromatic nitrogens is 2. The Balaban J connectivity index is 1.73. The Kier molecular flexibility index (Phi) is 4.61. The number of nitrogens with zero attached hydrogens (tertiary/aromatic N) is 3. The molecule has 0 bridgehead atoms. The summed E-state index contributed by atoms with van der Waals surface area (Å²) in [5.41, 5.74) is 7.97. The molecule has 0 saturated carbocycles. The summed E-state index contributed by atoms with van der Waals surface area (Å²) in [6.07, 6.45) is 1.52. The summed E-state index contributed by atoms with van der Waals surface area (Å²) in [7, 11) is 0. The monoisotopic (exact) mass is 327 g/mol. The third kappa shape index (κ3) is 3.30. The number of H-pyrrole nitrogens is 1. The van der Waals surface area contributed by atoms with Gasteiger partial charge in [0.2, 0.25) is 5.91 Å². The zero-order valence-electron chi connectivity index (χ0n) is 13.6. The van der Waals surface area contributed by atoms with Crippen molar-refractivity contribution in [3.63, 3.8) is 0 Å². The van der Waals surface area contributed by atoms with Gasteiger partial charge in [-0.2, -0.15) is 5.10 Å². The average molecular weight is 327 g/mol. The number of rotatable bonds is 4. The van der Waals surface area contributed by atoms with E-state index < -0.39 is 11.9 Å². The van der Waals surface area contributed by atoms with Crippen LogP contribution < -0.4 is 5.73 Å². The summed E-state index contributed by atoms with van der Waals surface area (Å²) < 4.78 is 0. The van der Waals surface area contributed by atoms with Crippen molar-refractivity contribution in [2.45, 2.75) is 19.5 Å². The van der Waals surface area contributed by atoms with Gasteiger partial charge in [0.25, 0.3) is 5.91 Å². The Bertz CT molecular complexity index is 728. The van der Waals surface area contributed by atoms with E-state index in [1.54, 1.807) is 11.8 Å². The van der Waals surface area contributed by atoms with Crippen LogP contribution in [-0.4, -0.2) is 57.5 Å². The first-order chi connectivity index (χ1) is 11.6. The molecule has 0 spiro atoms. The molecular weight excluding hydrogens is 306 g/mol. The van der Waals surface area contributed by atoms with Crippen LogP contribution in [0.2, 0.25) is 0 Å². The van der Waals surface area contributed by atoms with Gasteiger partial charge in [-0.1, -0.05) is 30.3 Å². The number of amides is 2. The lowest BCUT2D eigenvalue weighted by atomic mass is 10.1. The van der Waals surface area contributed by atoms with Crippen molar-refractivity contribution in [1.82, 2.24) is 20.0 Å². The second-order valence-electron chi connectivity index (χ2n) is 6.03. The lowest BCUT2D eigenvalue weighted by Gasteiger charge is -2.39. The van der Waals surface area contributed by atoms with Gasteiger partial charge in [-0.05, 0) is 12.5 Å². The van der Waals surface area contributed by atoms with Gasteiger partial charge in [-0.25, -0.2) is 0 Å². The number of benzene rings is 1. The number of aromatic amines is 1. The molecule has 24 heavy (non-hydrogen) atoms. The highest BCUT2D eigenvalue weighted by Crippen LogP contribution is 2.17. The van der Waals surface area contributed by atoms with Gasteiger partial charge in [0.05, 0.1) is 11.8 Å². The van der Waals surface area contributed by atoms with Crippen LogP contribution >= 0.6 is 0 Å². The number of nitrogens with one attached hydrogen (secondary N) is 1. The smallest absolute Gasteiger partial charge is 0.257 e. The lowest BCUT2D eigenvalue weighted by molar-refractivity contribution is -0.125. The second-order valence-corrected chi connectivity index (χ2v) is 6.03. The van der Waals surface area contributed by atoms with Gasteiger partial charge < -0.3 is 10.6 Å². The van der Waals surface area contributed by atoms with Crippen molar-refractivity contribution < 1.29 is 9.59 Å². The number of nitrogens with two attached hydrogens (primary N) is 1. The van der Waals surface area contributed by atoms with E-state index in [0.717, 1.165) is 11.3 Å². The van der Waals surface area contributed by atoms with Crippen molar-refractivity contribution in [3.05, 3.63) is 53.3 Å². The Labute approximate surface area is 140 Å². The predicted molar refractivity (Wildman–Crippen MR) is 89.1 cm³/mol. The first-order valence-corrected chi connectivity index (χ1v) is 7.93. The first kappa shape index (κ1) is 16.2. The topological polar surface area (TPSA) is 95.3 Å². The molecule has 0 aliphatic carbocycles. The number of hydrogen-bond acceptors (Lipinski definition) is 4. The van der Waals surface area contributed by atoms with Crippen LogP contribution in [0.1, 0.15) is 21.6 Å². The molecule has 2 amide bonds. The van der Waals surface area contributed by atoms with Crippen LogP contribution in [-0.2, 0) is 11.3 Å². The second kappa shape index (κ2) is 6.84. The molecule has 2 aromatic rings. The van der Waals surface area contributed by atoms with Crippen LogP contribution in [0.3, 0.4) is 0 Å². The highest BCUT2D eigenvalue weighted by atomic mass is 16.2. The molecule has 1 fully saturated rings. The molecule has 1 aliphatic heterocycles. The summed E-state index contributed by atoms with van der Waals surface area (Å²) in [5, 5.41) is 6.65. The summed E-state index contributed by atoms with van der Waals surface area (Å²) >= 11 is 0. The number of primary amides is 1. The van der Waals surface area contributed by atoms with Gasteiger partial charge in [0.1, 0.15) is 6.04 Å². The minimum absolute atomic E-state index is 0.119. The molecule has 7 nitrogen and oxygen atoms in total. The molecule has 1 atom stereocenters. The fraction of sp³-hybridized carbons (Fsp3) is 0.353. The van der Waals surface area contributed by atoms with Crippen molar-refractivity contribution in [2.24, 2.45) is 5.73 Å². The standard InChI is InChI=1S/C17H21N5O2/c1-12-14(9-19-20-12)17(24)22-8-7-21(15(11-22)16(18)23)10-13-5-3-2-4-6-13/h2-6,9,15H,7-8,10-11H2,1H3,(H2,18,23)(H,19,20)/t15-/m1/s1. The number of hydrogen-bond donors (Lipinski definition) is 2. The number of carbonyl (C=O) groups excluding carboxylic acids is 2. The van der Waals surface area contributed by atoms with Crippen LogP contribution in [0.25, 0.3) is 0 Å². The molecule has 126 valence electrons. The van der Waals surface area contributed by atoms with Gasteiger partial charge >= 0.3 is 0 Å². The Hall–Kier alpha value is -2.67. The quantitative estimate of drug-likeness (QED) is 0.856. The van der Waals surface area contributed by atoms with Crippen molar-refractivity contribution in [3.8, 4) is 0 Å². The van der Waals surface area contributed by atoms with Crippen molar-refractivity contribution >= 4 is 11.8 Å². The molecule has 3 rings (SSSR count). The molecule has 0 radical (unpaired) electrons. The third-order valence-corrected chi connectivity index (χ3v) is 4.40. The molecule has 7 heteroatoms. The van der Waals surface area contributed by atoms with E-state index in [1.165, 1.54) is 6.20 Å². The zero-order chi connectivity index (χ0) is 17.1. The molecule has 1 aliphatic rings. The Morgan fingerprint density at radius 1 is 1.29 bits per heavy atom. The highest BCUT2D eigenvalue weighted by molar-refractivity contribution is 5.95. The summed E-state index contributed by atoms with van der Waals surface area (Å²) in [5.74, 6) is -0.529. The largest absolute Gasteiger partial charge is 0.368 e. The van der Waals surface area contributed by atoms with Gasteiger partial charge in [0, 0.05) is 31.9 Å². The molecule has 1 aromatic heterocycles. The minimum Gasteiger partial charge on any atom is -0.368 e. The molecular formula is C17H21N5O2. The van der Waals surface area contributed by atoms with Crippen LogP contribution in [0.15, 0.2) is 36.5 Å². The fourth-order valence-electron chi connectivity index (χ4n) is 3.02. The van der Waals surface area contributed by atoms with Gasteiger partial charge in [-0.15, -0.1) is 0 Å². The maximum absolute atomic E-state index is 12.6. The Morgan fingerprint density at radius 2 is 2.04 bits per heavy atom. The molecule has 1 aromatic carbocycles. The van der Waals surface area contributed by atoms with E-state index in [9.17, 15) is 9.59 Å². The SMILES string of the molecule is Cc1[nH]ncc1C(=O)N1CCN(Cc2ccccc2)[C@@H](C(N)=O)C1. The van der Waals surface area contributed by atoms with Gasteiger partial charge in [-0.3, -0.25) is 19.6 Å². The van der Waals surface area contributed by atoms with E-state index in [4.69, 9.17) is 5.73 Å². The van der Waals surface area contributed by atoms with E-state index in [-0.39, 0.29) is 5.91 Å². The lowest BCUT2D eigenvalue weighted by Crippen LogP contribution is -2.58. The van der Waals surface area contributed by atoms with Crippen molar-refractivity contribution in [1.29, 1.82) is 0 Å². The summed E-state index contributed by atoms with van der Waals surface area (Å²) in [4.78, 5) is 28.2. The number of piperazine rings is 1. The summed E-state index contributed by atoms with van der Waals surface area (Å²) in [6.45, 7) is 3.90. The van der Waals surface area contributed by atoms with E-state index >= 15 is 0 Å².